The summed E-state index contributed by atoms with van der Waals surface area (Å²) in [5.74, 6) is 1.21. The van der Waals surface area contributed by atoms with Crippen molar-refractivity contribution in [2.75, 3.05) is 76.7 Å². The molecular formula is C42H54N10O4. The molecule has 0 spiro atoms. The maximum absolute atomic E-state index is 13.1. The minimum atomic E-state index is -0.297. The van der Waals surface area contributed by atoms with Gasteiger partial charge in [-0.15, -0.1) is 0 Å². The van der Waals surface area contributed by atoms with E-state index in [-0.39, 0.29) is 29.7 Å². The smallest absolute Gasteiger partial charge is 0.270 e. The number of likely N-dealkylation sites (tertiary alicyclic amines) is 1. The Morgan fingerprint density at radius 1 is 0.911 bits per heavy atom. The Morgan fingerprint density at radius 2 is 1.71 bits per heavy atom. The number of piperazine rings is 1. The summed E-state index contributed by atoms with van der Waals surface area (Å²) in [5.41, 5.74) is 3.48. The molecule has 6 heterocycles. The SMILES string of the molecule is CN(C)C(=O)c1cc2cnc(Nc3ccc(N4CCN(C5CCN(CCCOc6cccc(C7CCC(=O)NC7=O)c6)CC5)CC4)cn3)nc2n1C1CCCC1. The molecule has 1 saturated carbocycles. The van der Waals surface area contributed by atoms with Gasteiger partial charge in [-0.05, 0) is 87.5 Å². The molecular weight excluding hydrogens is 709 g/mol. The lowest BCUT2D eigenvalue weighted by molar-refractivity contribution is -0.134. The van der Waals surface area contributed by atoms with Crippen molar-refractivity contribution in [1.29, 1.82) is 0 Å². The summed E-state index contributed by atoms with van der Waals surface area (Å²) in [5, 5.41) is 6.62. The number of pyridine rings is 1. The zero-order chi connectivity index (χ0) is 38.6. The van der Waals surface area contributed by atoms with Crippen LogP contribution in [0.4, 0.5) is 17.5 Å². The van der Waals surface area contributed by atoms with Crippen LogP contribution in [0.15, 0.2) is 54.9 Å². The lowest BCUT2D eigenvalue weighted by Gasteiger charge is -2.43. The van der Waals surface area contributed by atoms with Gasteiger partial charge < -0.3 is 29.3 Å². The molecule has 56 heavy (non-hydrogen) atoms. The highest BCUT2D eigenvalue weighted by Gasteiger charge is 2.30. The Balaban J connectivity index is 0.772. The van der Waals surface area contributed by atoms with Crippen LogP contribution in [0.1, 0.15) is 85.8 Å². The molecule has 3 aliphatic heterocycles. The second-order valence-corrected chi connectivity index (χ2v) is 15.9. The number of amides is 3. The van der Waals surface area contributed by atoms with Crippen LogP contribution < -0.4 is 20.3 Å². The van der Waals surface area contributed by atoms with Gasteiger partial charge in [0, 0.05) is 76.9 Å². The Morgan fingerprint density at radius 3 is 2.45 bits per heavy atom. The van der Waals surface area contributed by atoms with Gasteiger partial charge in [0.15, 0.2) is 0 Å². The molecule has 3 amide bonds. The lowest BCUT2D eigenvalue weighted by Crippen LogP contribution is -2.53. The molecule has 1 aliphatic carbocycles. The topological polar surface area (TPSA) is 141 Å². The minimum Gasteiger partial charge on any atom is -0.494 e. The molecule has 3 aromatic heterocycles. The van der Waals surface area contributed by atoms with E-state index in [2.05, 4.69) is 41.0 Å². The third-order valence-corrected chi connectivity index (χ3v) is 12.0. The Kier molecular flexibility index (Phi) is 11.5. The van der Waals surface area contributed by atoms with Crippen molar-refractivity contribution in [2.45, 2.75) is 75.8 Å². The number of hydrogen-bond acceptors (Lipinski definition) is 11. The van der Waals surface area contributed by atoms with Crippen molar-refractivity contribution in [3.05, 3.63) is 66.1 Å². The Hall–Kier alpha value is -5.08. The number of aromatic nitrogens is 4. The number of rotatable bonds is 12. The zero-order valence-corrected chi connectivity index (χ0v) is 32.7. The average molecular weight is 763 g/mol. The number of ether oxygens (including phenoxy) is 1. The number of hydrogen-bond donors (Lipinski definition) is 2. The van der Waals surface area contributed by atoms with E-state index < -0.39 is 0 Å². The molecule has 1 unspecified atom stereocenters. The number of fused-ring (bicyclic) bond motifs is 1. The summed E-state index contributed by atoms with van der Waals surface area (Å²) in [6.45, 7) is 7.89. The number of nitrogens with zero attached hydrogens (tertiary/aromatic N) is 8. The van der Waals surface area contributed by atoms with Gasteiger partial charge in [0.05, 0.1) is 24.4 Å². The predicted molar refractivity (Wildman–Crippen MR) is 215 cm³/mol. The Labute approximate surface area is 328 Å². The molecule has 3 saturated heterocycles. The van der Waals surface area contributed by atoms with E-state index in [1.807, 2.05) is 42.6 Å². The van der Waals surface area contributed by atoms with Gasteiger partial charge in [-0.2, -0.15) is 4.98 Å². The molecule has 4 aliphatic rings. The molecule has 4 fully saturated rings. The highest BCUT2D eigenvalue weighted by atomic mass is 16.5. The van der Waals surface area contributed by atoms with E-state index in [1.54, 1.807) is 25.2 Å². The van der Waals surface area contributed by atoms with Crippen LogP contribution in [-0.2, 0) is 9.59 Å². The fourth-order valence-electron chi connectivity index (χ4n) is 8.92. The first-order valence-electron chi connectivity index (χ1n) is 20.4. The van der Waals surface area contributed by atoms with Gasteiger partial charge in [-0.1, -0.05) is 25.0 Å². The van der Waals surface area contributed by atoms with Crippen LogP contribution in [0.3, 0.4) is 0 Å². The summed E-state index contributed by atoms with van der Waals surface area (Å²) in [4.78, 5) is 60.3. The molecule has 0 radical (unpaired) electrons. The molecule has 8 rings (SSSR count). The fourth-order valence-corrected chi connectivity index (χ4v) is 8.92. The van der Waals surface area contributed by atoms with E-state index in [9.17, 15) is 14.4 Å². The molecule has 296 valence electrons. The van der Waals surface area contributed by atoms with Crippen molar-refractivity contribution in [2.24, 2.45) is 0 Å². The normalized spacial score (nSPS) is 20.4. The lowest BCUT2D eigenvalue weighted by atomic mass is 9.90. The maximum atomic E-state index is 13.1. The molecule has 1 atom stereocenters. The maximum Gasteiger partial charge on any atom is 0.270 e. The largest absolute Gasteiger partial charge is 0.494 e. The van der Waals surface area contributed by atoms with Crippen molar-refractivity contribution >= 4 is 46.2 Å². The number of carbonyl (C=O) groups excluding carboxylic acids is 3. The van der Waals surface area contributed by atoms with Crippen molar-refractivity contribution < 1.29 is 19.1 Å². The monoisotopic (exact) mass is 762 g/mol. The zero-order valence-electron chi connectivity index (χ0n) is 32.7. The summed E-state index contributed by atoms with van der Waals surface area (Å²) in [6, 6.07) is 14.7. The summed E-state index contributed by atoms with van der Waals surface area (Å²) in [7, 11) is 3.58. The summed E-state index contributed by atoms with van der Waals surface area (Å²) in [6.07, 6.45) is 12.4. The highest BCUT2D eigenvalue weighted by Crippen LogP contribution is 2.35. The highest BCUT2D eigenvalue weighted by molar-refractivity contribution is 6.01. The first kappa shape index (κ1) is 37.8. The van der Waals surface area contributed by atoms with Crippen molar-refractivity contribution in [3.63, 3.8) is 0 Å². The van der Waals surface area contributed by atoms with Crippen LogP contribution in [0.25, 0.3) is 11.0 Å². The number of imide groups is 1. The van der Waals surface area contributed by atoms with Crippen LogP contribution in [-0.4, -0.2) is 124 Å². The predicted octanol–water partition coefficient (Wildman–Crippen LogP) is 4.96. The van der Waals surface area contributed by atoms with Crippen LogP contribution >= 0.6 is 0 Å². The molecule has 0 bridgehead atoms. The molecule has 2 N–H and O–H groups in total. The van der Waals surface area contributed by atoms with E-state index in [0.717, 1.165) is 106 Å². The summed E-state index contributed by atoms with van der Waals surface area (Å²) < 4.78 is 8.19. The van der Waals surface area contributed by atoms with E-state index in [0.29, 0.717) is 43.0 Å². The summed E-state index contributed by atoms with van der Waals surface area (Å²) >= 11 is 0. The van der Waals surface area contributed by atoms with Crippen LogP contribution in [0.2, 0.25) is 0 Å². The average Bonchev–Trinajstić information content (AvgIpc) is 3.88. The van der Waals surface area contributed by atoms with Gasteiger partial charge in [0.2, 0.25) is 17.8 Å². The molecule has 14 nitrogen and oxygen atoms in total. The second-order valence-electron chi connectivity index (χ2n) is 15.9. The van der Waals surface area contributed by atoms with E-state index in [4.69, 9.17) is 14.7 Å². The number of benzene rings is 1. The minimum absolute atomic E-state index is 0.0166. The number of anilines is 3. The number of piperidine rings is 2. The second kappa shape index (κ2) is 17.0. The van der Waals surface area contributed by atoms with Gasteiger partial charge in [0.1, 0.15) is 22.9 Å². The first-order valence-corrected chi connectivity index (χ1v) is 20.4. The third kappa shape index (κ3) is 8.51. The third-order valence-electron chi connectivity index (χ3n) is 12.0. The molecule has 14 heteroatoms. The van der Waals surface area contributed by atoms with E-state index in [1.165, 1.54) is 12.8 Å². The van der Waals surface area contributed by atoms with E-state index >= 15 is 0 Å². The molecule has 4 aromatic rings. The standard InChI is InChI=1S/C42H54N10O4/c1-48(2)41(55)36-26-30-27-44-42(47-39(30)52(36)32-8-3-4-9-32)45-37-13-11-33(28-43-37)51-22-20-50(21-23-51)31-15-18-49(19-16-31)17-6-24-56-34-10-5-7-29(25-34)35-12-14-38(53)46-40(35)54/h5,7,10-11,13,25-28,31-32,35H,3-4,6,8-9,12,14-24H2,1-2H3,(H,46,53,54)(H,43,44,45,47). The van der Waals surface area contributed by atoms with Crippen LogP contribution in [0.5, 0.6) is 5.75 Å². The number of carbonyl (C=O) groups is 3. The van der Waals surface area contributed by atoms with Gasteiger partial charge in [0.25, 0.3) is 5.91 Å². The quantitative estimate of drug-likeness (QED) is 0.150. The van der Waals surface area contributed by atoms with Gasteiger partial charge >= 0.3 is 0 Å². The van der Waals surface area contributed by atoms with Crippen LogP contribution in [0, 0.1) is 0 Å². The van der Waals surface area contributed by atoms with Gasteiger partial charge in [-0.3, -0.25) is 24.6 Å². The number of nitrogens with one attached hydrogen (secondary N) is 2. The fraction of sp³-hybridized carbons (Fsp3) is 0.524. The molecule has 1 aromatic carbocycles. The van der Waals surface area contributed by atoms with Crippen molar-refractivity contribution in [3.8, 4) is 5.75 Å². The van der Waals surface area contributed by atoms with Gasteiger partial charge in [-0.25, -0.2) is 9.97 Å². The van der Waals surface area contributed by atoms with Crippen molar-refractivity contribution in [1.82, 2.24) is 39.5 Å². The Bertz CT molecular complexity index is 2010. The first-order chi connectivity index (χ1) is 27.3.